The molecule has 2 amide bonds. The van der Waals surface area contributed by atoms with Gasteiger partial charge in [0.2, 0.25) is 5.91 Å². The van der Waals surface area contributed by atoms with Gasteiger partial charge in [0.1, 0.15) is 5.82 Å². The minimum absolute atomic E-state index is 0.0905. The number of benzene rings is 1. The van der Waals surface area contributed by atoms with E-state index in [1.165, 1.54) is 12.1 Å². The minimum atomic E-state index is -0.400. The van der Waals surface area contributed by atoms with Crippen molar-refractivity contribution in [3.63, 3.8) is 0 Å². The molecule has 0 unspecified atom stereocenters. The average Bonchev–Trinajstić information content (AvgIpc) is 2.99. The first-order valence-electron chi connectivity index (χ1n) is 7.78. The molecule has 3 rings (SSSR count). The molecule has 1 aromatic carbocycles. The summed E-state index contributed by atoms with van der Waals surface area (Å²) < 4.78 is 13.5. The normalized spacial score (nSPS) is 14.6. The van der Waals surface area contributed by atoms with Gasteiger partial charge in [-0.3, -0.25) is 9.59 Å². The van der Waals surface area contributed by atoms with Crippen molar-refractivity contribution in [1.29, 1.82) is 0 Å². The molecule has 0 atom stereocenters. The third kappa shape index (κ3) is 3.37. The van der Waals surface area contributed by atoms with Gasteiger partial charge in [-0.25, -0.2) is 4.39 Å². The molecule has 0 saturated heterocycles. The molecule has 130 valence electrons. The molecule has 0 radical (unpaired) electrons. The molecule has 3 N–H and O–H groups in total. The topological polar surface area (TPSA) is 74.0 Å². The summed E-state index contributed by atoms with van der Waals surface area (Å²) in [5, 5.41) is 6.18. The van der Waals surface area contributed by atoms with E-state index in [0.717, 1.165) is 11.3 Å². The highest BCUT2D eigenvalue weighted by Gasteiger charge is 2.25. The zero-order chi connectivity index (χ0) is 18.1. The molecular formula is C18H17BrFN3O2. The second-order valence-electron chi connectivity index (χ2n) is 5.85. The molecule has 0 saturated carbocycles. The zero-order valence-corrected chi connectivity index (χ0v) is 15.4. The van der Waals surface area contributed by atoms with Crippen LogP contribution in [0.3, 0.4) is 0 Å². The molecule has 2 heterocycles. The van der Waals surface area contributed by atoms with Crippen LogP contribution in [0.4, 0.5) is 15.8 Å². The first-order chi connectivity index (χ1) is 11.9. The Hall–Kier alpha value is -2.41. The minimum Gasteiger partial charge on any atom is -0.357 e. The number of carbonyl (C=O) groups is 2. The fourth-order valence-electron chi connectivity index (χ4n) is 2.84. The average molecular weight is 406 g/mol. The molecule has 1 aliphatic heterocycles. The van der Waals surface area contributed by atoms with E-state index >= 15 is 0 Å². The number of carbonyl (C=O) groups excluding carboxylic acids is 2. The van der Waals surface area contributed by atoms with E-state index in [0.29, 0.717) is 40.0 Å². The van der Waals surface area contributed by atoms with Gasteiger partial charge >= 0.3 is 0 Å². The SMILES string of the molecule is Cc1[nH]c(C=C2C(=O)Nc3ccc(F)cc32)c(C)c1NC(=O)CCBr. The number of anilines is 2. The van der Waals surface area contributed by atoms with Crippen molar-refractivity contribution in [1.82, 2.24) is 4.98 Å². The van der Waals surface area contributed by atoms with Crippen LogP contribution in [0.2, 0.25) is 0 Å². The Morgan fingerprint density at radius 3 is 2.84 bits per heavy atom. The van der Waals surface area contributed by atoms with Gasteiger partial charge in [0.05, 0.1) is 11.3 Å². The van der Waals surface area contributed by atoms with Crippen molar-refractivity contribution in [2.75, 3.05) is 16.0 Å². The van der Waals surface area contributed by atoms with E-state index in [9.17, 15) is 14.0 Å². The standard InChI is InChI=1S/C18H17BrFN3O2/c1-9-15(21-10(2)17(9)23-16(24)5-6-19)8-13-12-7-11(20)3-4-14(12)22-18(13)25/h3-4,7-8,21H,5-6H2,1-2H3,(H,22,25)(H,23,24). The highest BCUT2D eigenvalue weighted by atomic mass is 79.9. The van der Waals surface area contributed by atoms with E-state index in [1.807, 2.05) is 13.8 Å². The maximum absolute atomic E-state index is 13.5. The van der Waals surface area contributed by atoms with Gasteiger partial charge in [0, 0.05) is 34.4 Å². The van der Waals surface area contributed by atoms with Crippen LogP contribution in [0.25, 0.3) is 11.6 Å². The quantitative estimate of drug-likeness (QED) is 0.531. The van der Waals surface area contributed by atoms with Crippen molar-refractivity contribution in [3.8, 4) is 0 Å². The van der Waals surface area contributed by atoms with E-state index < -0.39 is 5.82 Å². The van der Waals surface area contributed by atoms with Crippen molar-refractivity contribution in [2.24, 2.45) is 0 Å². The third-order valence-electron chi connectivity index (χ3n) is 4.12. The Morgan fingerprint density at radius 1 is 1.36 bits per heavy atom. The van der Waals surface area contributed by atoms with Gasteiger partial charge < -0.3 is 15.6 Å². The molecular weight excluding hydrogens is 389 g/mol. The number of fused-ring (bicyclic) bond motifs is 1. The summed E-state index contributed by atoms with van der Waals surface area (Å²) in [6, 6.07) is 4.19. The second-order valence-corrected chi connectivity index (χ2v) is 6.65. The lowest BCUT2D eigenvalue weighted by Gasteiger charge is -2.05. The molecule has 7 heteroatoms. The van der Waals surface area contributed by atoms with Crippen LogP contribution in [-0.4, -0.2) is 22.1 Å². The van der Waals surface area contributed by atoms with E-state index in [1.54, 1.807) is 12.1 Å². The number of aryl methyl sites for hydroxylation is 1. The number of hydrogen-bond acceptors (Lipinski definition) is 2. The summed E-state index contributed by atoms with van der Waals surface area (Å²) in [5.41, 5.74) is 4.53. The highest BCUT2D eigenvalue weighted by molar-refractivity contribution is 9.09. The molecule has 1 aliphatic rings. The summed E-state index contributed by atoms with van der Waals surface area (Å²) in [6.45, 7) is 3.71. The van der Waals surface area contributed by atoms with Crippen LogP contribution in [-0.2, 0) is 9.59 Å². The largest absolute Gasteiger partial charge is 0.357 e. The van der Waals surface area contributed by atoms with Crippen molar-refractivity contribution in [3.05, 3.63) is 46.5 Å². The van der Waals surface area contributed by atoms with Crippen molar-refractivity contribution < 1.29 is 14.0 Å². The molecule has 25 heavy (non-hydrogen) atoms. The Bertz CT molecular complexity index is 902. The Morgan fingerprint density at radius 2 is 2.12 bits per heavy atom. The van der Waals surface area contributed by atoms with Crippen molar-refractivity contribution >= 4 is 50.8 Å². The molecule has 0 spiro atoms. The Balaban J connectivity index is 1.99. The lowest BCUT2D eigenvalue weighted by Crippen LogP contribution is -2.12. The van der Waals surface area contributed by atoms with Gasteiger partial charge in [-0.15, -0.1) is 0 Å². The number of alkyl halides is 1. The number of aromatic nitrogens is 1. The third-order valence-corrected chi connectivity index (χ3v) is 4.51. The van der Waals surface area contributed by atoms with Crippen LogP contribution in [0.15, 0.2) is 18.2 Å². The summed E-state index contributed by atoms with van der Waals surface area (Å²) >= 11 is 3.24. The lowest BCUT2D eigenvalue weighted by atomic mass is 10.0. The fraction of sp³-hybridized carbons (Fsp3) is 0.222. The Kier molecular flexibility index (Phi) is 4.76. The molecule has 2 aromatic rings. The van der Waals surface area contributed by atoms with Gasteiger partial charge in [-0.2, -0.15) is 0 Å². The highest BCUT2D eigenvalue weighted by Crippen LogP contribution is 2.35. The van der Waals surface area contributed by atoms with E-state index in [-0.39, 0.29) is 11.8 Å². The number of hydrogen-bond donors (Lipinski definition) is 3. The van der Waals surface area contributed by atoms with Gasteiger partial charge in [-0.1, -0.05) is 15.9 Å². The zero-order valence-electron chi connectivity index (χ0n) is 13.8. The monoisotopic (exact) mass is 405 g/mol. The smallest absolute Gasteiger partial charge is 0.256 e. The number of halogens is 2. The number of nitrogens with one attached hydrogen (secondary N) is 3. The van der Waals surface area contributed by atoms with E-state index in [4.69, 9.17) is 0 Å². The molecule has 0 aliphatic carbocycles. The summed E-state index contributed by atoms with van der Waals surface area (Å²) in [5.74, 6) is -0.771. The van der Waals surface area contributed by atoms with Gasteiger partial charge in [-0.05, 0) is 43.7 Å². The number of aromatic amines is 1. The lowest BCUT2D eigenvalue weighted by molar-refractivity contribution is -0.115. The van der Waals surface area contributed by atoms with Crippen molar-refractivity contribution in [2.45, 2.75) is 20.3 Å². The molecule has 1 aromatic heterocycles. The van der Waals surface area contributed by atoms with E-state index in [2.05, 4.69) is 31.5 Å². The predicted molar refractivity (Wildman–Crippen MR) is 100 cm³/mol. The maximum atomic E-state index is 13.5. The van der Waals surface area contributed by atoms with Crippen LogP contribution in [0, 0.1) is 19.7 Å². The summed E-state index contributed by atoms with van der Waals surface area (Å²) in [6.07, 6.45) is 2.05. The number of rotatable bonds is 4. The number of amides is 2. The molecule has 0 fully saturated rings. The molecule has 5 nitrogen and oxygen atoms in total. The van der Waals surface area contributed by atoms with Gasteiger partial charge in [0.15, 0.2) is 0 Å². The van der Waals surface area contributed by atoms with Gasteiger partial charge in [0.25, 0.3) is 5.91 Å². The van der Waals surface area contributed by atoms with Crippen LogP contribution < -0.4 is 10.6 Å². The van der Waals surface area contributed by atoms with Crippen LogP contribution in [0.5, 0.6) is 0 Å². The molecule has 0 bridgehead atoms. The second kappa shape index (κ2) is 6.84. The van der Waals surface area contributed by atoms with Crippen LogP contribution in [0.1, 0.15) is 28.9 Å². The fourth-order valence-corrected chi connectivity index (χ4v) is 3.20. The first kappa shape index (κ1) is 17.4. The number of H-pyrrole nitrogens is 1. The summed E-state index contributed by atoms with van der Waals surface area (Å²) in [7, 11) is 0. The van der Waals surface area contributed by atoms with Crippen LogP contribution >= 0.6 is 15.9 Å². The Labute approximate surface area is 152 Å². The predicted octanol–water partition coefficient (Wildman–Crippen LogP) is 3.99. The maximum Gasteiger partial charge on any atom is 0.256 e. The summed E-state index contributed by atoms with van der Waals surface area (Å²) in [4.78, 5) is 27.2. The first-order valence-corrected chi connectivity index (χ1v) is 8.90.